The highest BCUT2D eigenvalue weighted by molar-refractivity contribution is 5.90. The number of hydrogen-bond acceptors (Lipinski definition) is 6. The summed E-state index contributed by atoms with van der Waals surface area (Å²) in [5.74, 6) is 0.587. The minimum atomic E-state index is -0.392. The second-order valence-corrected chi connectivity index (χ2v) is 6.60. The maximum atomic E-state index is 9.74. The number of hydrogen-bond donors (Lipinski definition) is 1. The van der Waals surface area contributed by atoms with Crippen LogP contribution in [0.5, 0.6) is 5.75 Å². The zero-order chi connectivity index (χ0) is 19.0. The third kappa shape index (κ3) is 2.77. The summed E-state index contributed by atoms with van der Waals surface area (Å²) in [4.78, 5) is 0. The molecule has 6 nitrogen and oxygen atoms in total. The Hall–Kier alpha value is -3.46. The molecular formula is C21H20N4O2. The first-order valence-electron chi connectivity index (χ1n) is 8.73. The van der Waals surface area contributed by atoms with Gasteiger partial charge in [0.15, 0.2) is 0 Å². The van der Waals surface area contributed by atoms with Crippen molar-refractivity contribution in [3.05, 3.63) is 71.6 Å². The molecule has 6 heteroatoms. The van der Waals surface area contributed by atoms with Crippen molar-refractivity contribution >= 4 is 11.4 Å². The molecule has 2 aromatic carbocycles. The summed E-state index contributed by atoms with van der Waals surface area (Å²) in [6.45, 7) is 1.97. The number of ether oxygens (including phenoxy) is 2. The van der Waals surface area contributed by atoms with E-state index in [9.17, 15) is 5.26 Å². The van der Waals surface area contributed by atoms with Gasteiger partial charge in [-0.2, -0.15) is 10.4 Å². The molecule has 0 amide bonds. The Morgan fingerprint density at radius 1 is 1.15 bits per heavy atom. The average molecular weight is 360 g/mol. The van der Waals surface area contributed by atoms with Crippen molar-refractivity contribution in [1.29, 1.82) is 5.26 Å². The van der Waals surface area contributed by atoms with Crippen molar-refractivity contribution in [2.75, 3.05) is 12.1 Å². The Morgan fingerprint density at radius 3 is 2.48 bits per heavy atom. The summed E-state index contributed by atoms with van der Waals surface area (Å²) in [6.07, 6.45) is -0.392. The Bertz CT molecular complexity index is 944. The third-order valence-electron chi connectivity index (χ3n) is 5.10. The van der Waals surface area contributed by atoms with Gasteiger partial charge in [-0.05, 0) is 36.8 Å². The van der Waals surface area contributed by atoms with Crippen LogP contribution in [0, 0.1) is 17.2 Å². The Kier molecular flexibility index (Phi) is 4.21. The van der Waals surface area contributed by atoms with Crippen molar-refractivity contribution in [3.8, 4) is 11.8 Å². The Morgan fingerprint density at radius 2 is 1.85 bits per heavy atom. The Labute approximate surface area is 158 Å². The van der Waals surface area contributed by atoms with Crippen LogP contribution < -0.4 is 15.5 Å². The number of anilines is 1. The maximum absolute atomic E-state index is 9.74. The third-order valence-corrected chi connectivity index (χ3v) is 5.10. The fraction of sp³-hybridized carbons (Fsp3) is 0.238. The molecular weight excluding hydrogens is 340 g/mol. The highest BCUT2D eigenvalue weighted by atomic mass is 16.5. The number of nitrogens with zero attached hydrogens (tertiary/aromatic N) is 3. The molecule has 3 atom stereocenters. The lowest BCUT2D eigenvalue weighted by atomic mass is 9.76. The molecule has 27 heavy (non-hydrogen) atoms. The number of methoxy groups -OCH3 is 1. The summed E-state index contributed by atoms with van der Waals surface area (Å²) in [6, 6.07) is 19.8. The van der Waals surface area contributed by atoms with Crippen LogP contribution in [0.3, 0.4) is 0 Å². The van der Waals surface area contributed by atoms with Crippen LogP contribution in [-0.4, -0.2) is 19.0 Å². The van der Waals surface area contributed by atoms with Gasteiger partial charge in [0.05, 0.1) is 24.3 Å². The number of para-hydroxylation sites is 1. The number of allylic oxidation sites excluding steroid dienone is 1. The van der Waals surface area contributed by atoms with Gasteiger partial charge in [0.1, 0.15) is 11.8 Å². The number of nitrogens with two attached hydrogens (primary N) is 1. The monoisotopic (exact) mass is 360 g/mol. The first kappa shape index (κ1) is 17.0. The summed E-state index contributed by atoms with van der Waals surface area (Å²) < 4.78 is 11.2. The van der Waals surface area contributed by atoms with Gasteiger partial charge >= 0.3 is 0 Å². The van der Waals surface area contributed by atoms with Crippen LogP contribution >= 0.6 is 0 Å². The van der Waals surface area contributed by atoms with Crippen LogP contribution in [0.15, 0.2) is 71.2 Å². The van der Waals surface area contributed by atoms with E-state index < -0.39 is 6.23 Å². The number of hydrazone groups is 1. The van der Waals surface area contributed by atoms with Crippen molar-refractivity contribution in [1.82, 2.24) is 0 Å². The lowest BCUT2D eigenvalue weighted by Gasteiger charge is -2.37. The lowest BCUT2D eigenvalue weighted by Crippen LogP contribution is -2.43. The predicted octanol–water partition coefficient (Wildman–Crippen LogP) is 3.34. The molecule has 2 aromatic rings. The van der Waals surface area contributed by atoms with Crippen LogP contribution in [-0.2, 0) is 4.74 Å². The van der Waals surface area contributed by atoms with E-state index in [0.29, 0.717) is 5.57 Å². The molecule has 4 rings (SSSR count). The van der Waals surface area contributed by atoms with E-state index in [-0.39, 0.29) is 17.7 Å². The van der Waals surface area contributed by atoms with E-state index >= 15 is 0 Å². The molecule has 0 saturated carbocycles. The highest BCUT2D eigenvalue weighted by Gasteiger charge is 2.48. The standard InChI is InChI=1S/C21H20N4O2/c1-13-18-19(14-8-10-16(26-2)11-9-14)17(12-22)20(23)27-21(18)25(24-13)15-6-4-3-5-7-15/h3-11,18-19,21H,23H2,1-2H3/t18-,19+,21+/m0/s1. The molecule has 2 heterocycles. The predicted molar refractivity (Wildman–Crippen MR) is 103 cm³/mol. The minimum Gasteiger partial charge on any atom is -0.497 e. The fourth-order valence-corrected chi connectivity index (χ4v) is 3.80. The minimum absolute atomic E-state index is 0.111. The van der Waals surface area contributed by atoms with Crippen LogP contribution in [0.1, 0.15) is 18.4 Å². The van der Waals surface area contributed by atoms with Crippen LogP contribution in [0.2, 0.25) is 0 Å². The quantitative estimate of drug-likeness (QED) is 0.907. The number of rotatable bonds is 3. The first-order valence-corrected chi connectivity index (χ1v) is 8.73. The summed E-state index contributed by atoms with van der Waals surface area (Å²) in [5, 5.41) is 16.3. The van der Waals surface area contributed by atoms with Gasteiger partial charge in [-0.15, -0.1) is 0 Å². The van der Waals surface area contributed by atoms with Crippen molar-refractivity contribution in [3.63, 3.8) is 0 Å². The molecule has 0 saturated heterocycles. The second kappa shape index (κ2) is 6.69. The van der Waals surface area contributed by atoms with Gasteiger partial charge in [-0.25, -0.2) is 5.01 Å². The summed E-state index contributed by atoms with van der Waals surface area (Å²) in [5.41, 5.74) is 9.40. The number of nitriles is 1. The molecule has 2 N–H and O–H groups in total. The van der Waals surface area contributed by atoms with E-state index in [1.54, 1.807) is 7.11 Å². The lowest BCUT2D eigenvalue weighted by molar-refractivity contribution is 0.0662. The number of benzene rings is 2. The maximum Gasteiger partial charge on any atom is 0.202 e. The topological polar surface area (TPSA) is 83.9 Å². The molecule has 0 unspecified atom stereocenters. The van der Waals surface area contributed by atoms with Gasteiger partial charge in [-0.3, -0.25) is 0 Å². The summed E-state index contributed by atoms with van der Waals surface area (Å²) in [7, 11) is 1.63. The van der Waals surface area contributed by atoms with Gasteiger partial charge in [0.2, 0.25) is 12.1 Å². The molecule has 136 valence electrons. The Balaban J connectivity index is 1.79. The van der Waals surface area contributed by atoms with Gasteiger partial charge in [0.25, 0.3) is 0 Å². The average Bonchev–Trinajstić information content (AvgIpc) is 3.03. The van der Waals surface area contributed by atoms with E-state index in [2.05, 4.69) is 6.07 Å². The summed E-state index contributed by atoms with van der Waals surface area (Å²) >= 11 is 0. The fourth-order valence-electron chi connectivity index (χ4n) is 3.80. The van der Waals surface area contributed by atoms with Gasteiger partial charge in [-0.1, -0.05) is 30.3 Å². The highest BCUT2D eigenvalue weighted by Crippen LogP contribution is 2.45. The second-order valence-electron chi connectivity index (χ2n) is 6.60. The van der Waals surface area contributed by atoms with Crippen molar-refractivity contribution in [2.45, 2.75) is 19.1 Å². The smallest absolute Gasteiger partial charge is 0.202 e. The van der Waals surface area contributed by atoms with Crippen LogP contribution in [0.25, 0.3) is 0 Å². The van der Waals surface area contributed by atoms with Crippen LogP contribution in [0.4, 0.5) is 5.69 Å². The molecule has 2 aliphatic rings. The zero-order valence-electron chi connectivity index (χ0n) is 15.2. The largest absolute Gasteiger partial charge is 0.497 e. The normalized spacial score (nSPS) is 24.0. The van der Waals surface area contributed by atoms with E-state index in [1.807, 2.05) is 66.5 Å². The molecule has 2 aliphatic heterocycles. The van der Waals surface area contributed by atoms with E-state index in [0.717, 1.165) is 22.7 Å². The van der Waals surface area contributed by atoms with E-state index in [4.69, 9.17) is 20.3 Å². The zero-order valence-corrected chi connectivity index (χ0v) is 15.2. The molecule has 0 bridgehead atoms. The van der Waals surface area contributed by atoms with Gasteiger partial charge < -0.3 is 15.2 Å². The molecule has 0 fully saturated rings. The van der Waals surface area contributed by atoms with E-state index in [1.165, 1.54) is 0 Å². The van der Waals surface area contributed by atoms with Gasteiger partial charge in [0, 0.05) is 11.6 Å². The molecule has 0 radical (unpaired) electrons. The molecule has 0 spiro atoms. The first-order chi connectivity index (χ1) is 13.1. The molecule has 0 aliphatic carbocycles. The molecule has 0 aromatic heterocycles. The SMILES string of the molecule is COc1ccc([C@@H]2C(C#N)=C(N)O[C@@H]3[C@H]2C(C)=NN3c2ccccc2)cc1. The number of fused-ring (bicyclic) bond motifs is 1. The van der Waals surface area contributed by atoms with Crippen molar-refractivity contribution < 1.29 is 9.47 Å². The van der Waals surface area contributed by atoms with Crippen molar-refractivity contribution in [2.24, 2.45) is 16.8 Å².